The van der Waals surface area contributed by atoms with Crippen molar-refractivity contribution in [2.75, 3.05) is 35.3 Å². The van der Waals surface area contributed by atoms with Gasteiger partial charge in [0.15, 0.2) is 0 Å². The van der Waals surface area contributed by atoms with Crippen molar-refractivity contribution in [3.8, 4) is 0 Å². The number of fused-ring (bicyclic) bond motifs is 1. The van der Waals surface area contributed by atoms with Gasteiger partial charge in [0.25, 0.3) is 0 Å². The molecule has 0 saturated heterocycles. The minimum absolute atomic E-state index is 0. The van der Waals surface area contributed by atoms with Gasteiger partial charge >= 0.3 is 0 Å². The van der Waals surface area contributed by atoms with Crippen molar-refractivity contribution in [3.63, 3.8) is 0 Å². The van der Waals surface area contributed by atoms with Gasteiger partial charge in [-0.05, 0) is 55.0 Å². The quantitative estimate of drug-likeness (QED) is 0.640. The molecule has 6 heteroatoms. The molecular formula is C18H22ClN3OS. The van der Waals surface area contributed by atoms with Crippen LogP contribution in [0, 0.1) is 0 Å². The molecule has 0 bridgehead atoms. The number of rotatable bonds is 4. The summed E-state index contributed by atoms with van der Waals surface area (Å²) in [5, 5.41) is 2.98. The van der Waals surface area contributed by atoms with Crippen molar-refractivity contribution < 1.29 is 4.79 Å². The van der Waals surface area contributed by atoms with Gasteiger partial charge in [-0.2, -0.15) is 0 Å². The number of carbonyl (C=O) groups excluding carboxylic acids is 1. The van der Waals surface area contributed by atoms with Crippen molar-refractivity contribution in [2.24, 2.45) is 0 Å². The topological polar surface area (TPSA) is 58.4 Å². The summed E-state index contributed by atoms with van der Waals surface area (Å²) in [6, 6.07) is 13.8. The van der Waals surface area contributed by atoms with Crippen LogP contribution in [0.5, 0.6) is 0 Å². The summed E-state index contributed by atoms with van der Waals surface area (Å²) in [6.07, 6.45) is 4.03. The molecule has 0 aromatic heterocycles. The van der Waals surface area contributed by atoms with Crippen LogP contribution in [0.1, 0.15) is 12.0 Å². The maximum atomic E-state index is 12.4. The first-order chi connectivity index (χ1) is 11.2. The fourth-order valence-corrected chi connectivity index (χ4v) is 3.43. The zero-order valence-corrected chi connectivity index (χ0v) is 15.3. The third kappa shape index (κ3) is 4.16. The van der Waals surface area contributed by atoms with Gasteiger partial charge in [0.1, 0.15) is 0 Å². The lowest BCUT2D eigenvalue weighted by Crippen LogP contribution is -2.37. The number of halogens is 1. The molecule has 3 N–H and O–H groups in total. The first-order valence-electron chi connectivity index (χ1n) is 7.73. The lowest BCUT2D eigenvalue weighted by Gasteiger charge is -2.31. The number of nitrogens with zero attached hydrogens (tertiary/aromatic N) is 1. The Morgan fingerprint density at radius 1 is 1.29 bits per heavy atom. The lowest BCUT2D eigenvalue weighted by atomic mass is 10.00. The highest BCUT2D eigenvalue weighted by atomic mass is 35.5. The van der Waals surface area contributed by atoms with Crippen molar-refractivity contribution in [2.45, 2.75) is 17.7 Å². The Bertz CT molecular complexity index is 723. The molecule has 0 aliphatic carbocycles. The average molecular weight is 364 g/mol. The van der Waals surface area contributed by atoms with Crippen molar-refractivity contribution >= 4 is 47.1 Å². The number of hydrogen-bond acceptors (Lipinski definition) is 4. The molecule has 1 amide bonds. The Morgan fingerprint density at radius 3 is 2.88 bits per heavy atom. The number of carbonyl (C=O) groups is 1. The van der Waals surface area contributed by atoms with Crippen molar-refractivity contribution in [1.82, 2.24) is 0 Å². The molecule has 1 heterocycles. The van der Waals surface area contributed by atoms with Crippen LogP contribution in [-0.4, -0.2) is 25.3 Å². The standard InChI is InChI=1S/C18H21N3OS.ClH/c1-23-14-6-2-5-13(11-14)20-18(22)12-21-10-4-7-15-16(19)8-3-9-17(15)21;/h2-3,5-6,8-9,11H,4,7,10,12,19H2,1H3,(H,20,22);1H. The lowest BCUT2D eigenvalue weighted by molar-refractivity contribution is -0.115. The summed E-state index contributed by atoms with van der Waals surface area (Å²) in [5.74, 6) is -0.00136. The van der Waals surface area contributed by atoms with E-state index in [1.54, 1.807) is 11.8 Å². The summed E-state index contributed by atoms with van der Waals surface area (Å²) in [4.78, 5) is 15.6. The largest absolute Gasteiger partial charge is 0.398 e. The van der Waals surface area contributed by atoms with E-state index in [-0.39, 0.29) is 18.3 Å². The number of benzene rings is 2. The Balaban J connectivity index is 0.00000208. The van der Waals surface area contributed by atoms with Crippen LogP contribution in [0.2, 0.25) is 0 Å². The summed E-state index contributed by atoms with van der Waals surface area (Å²) in [5.41, 5.74) is 9.97. The molecule has 1 aliphatic rings. The Labute approximate surface area is 153 Å². The van der Waals surface area contributed by atoms with Crippen LogP contribution in [0.4, 0.5) is 17.1 Å². The minimum atomic E-state index is -0.00136. The highest BCUT2D eigenvalue weighted by molar-refractivity contribution is 7.98. The maximum absolute atomic E-state index is 12.4. The van der Waals surface area contributed by atoms with E-state index in [1.165, 1.54) is 0 Å². The summed E-state index contributed by atoms with van der Waals surface area (Å²) >= 11 is 1.66. The first kappa shape index (κ1) is 18.5. The molecular weight excluding hydrogens is 342 g/mol. The Kier molecular flexibility index (Phi) is 6.40. The van der Waals surface area contributed by atoms with Crippen LogP contribution in [0.25, 0.3) is 0 Å². The molecule has 0 saturated carbocycles. The van der Waals surface area contributed by atoms with E-state index in [1.807, 2.05) is 48.7 Å². The zero-order valence-electron chi connectivity index (χ0n) is 13.6. The Hall–Kier alpha value is -1.85. The molecule has 24 heavy (non-hydrogen) atoms. The van der Waals surface area contributed by atoms with Crippen LogP contribution in [-0.2, 0) is 11.2 Å². The molecule has 4 nitrogen and oxygen atoms in total. The second-order valence-corrected chi connectivity index (χ2v) is 6.53. The second kappa shape index (κ2) is 8.31. The fourth-order valence-electron chi connectivity index (χ4n) is 2.97. The van der Waals surface area contributed by atoms with E-state index in [0.717, 1.165) is 46.9 Å². The van der Waals surface area contributed by atoms with Gasteiger partial charge in [0.2, 0.25) is 5.91 Å². The summed E-state index contributed by atoms with van der Waals surface area (Å²) in [7, 11) is 0. The fraction of sp³-hybridized carbons (Fsp3) is 0.278. The summed E-state index contributed by atoms with van der Waals surface area (Å²) < 4.78 is 0. The maximum Gasteiger partial charge on any atom is 0.243 e. The predicted octanol–water partition coefficient (Wildman–Crippen LogP) is 3.80. The molecule has 0 atom stereocenters. The highest BCUT2D eigenvalue weighted by Gasteiger charge is 2.20. The molecule has 0 radical (unpaired) electrons. The van der Waals surface area contributed by atoms with Crippen LogP contribution < -0.4 is 16.0 Å². The number of anilines is 3. The number of nitrogen functional groups attached to an aromatic ring is 1. The SMILES string of the molecule is CSc1cccc(NC(=O)CN2CCCc3c(N)cccc32)c1.Cl. The number of nitrogens with two attached hydrogens (primary N) is 1. The van der Waals surface area contributed by atoms with Crippen LogP contribution >= 0.6 is 24.2 Å². The van der Waals surface area contributed by atoms with Gasteiger partial charge in [-0.15, -0.1) is 24.2 Å². The number of nitrogens with one attached hydrogen (secondary N) is 1. The van der Waals surface area contributed by atoms with Gasteiger partial charge < -0.3 is 16.0 Å². The predicted molar refractivity (Wildman–Crippen MR) is 105 cm³/mol. The smallest absolute Gasteiger partial charge is 0.243 e. The third-order valence-corrected chi connectivity index (χ3v) is 4.80. The minimum Gasteiger partial charge on any atom is -0.398 e. The molecule has 3 rings (SSSR count). The normalized spacial score (nSPS) is 13.0. The van der Waals surface area contributed by atoms with Gasteiger partial charge in [-0.25, -0.2) is 0 Å². The summed E-state index contributed by atoms with van der Waals surface area (Å²) in [6.45, 7) is 1.23. The molecule has 0 unspecified atom stereocenters. The number of hydrogen-bond donors (Lipinski definition) is 2. The molecule has 0 spiro atoms. The molecule has 2 aromatic carbocycles. The molecule has 0 fully saturated rings. The van der Waals surface area contributed by atoms with E-state index >= 15 is 0 Å². The molecule has 2 aromatic rings. The monoisotopic (exact) mass is 363 g/mol. The van der Waals surface area contributed by atoms with E-state index in [4.69, 9.17) is 5.73 Å². The zero-order chi connectivity index (χ0) is 16.2. The van der Waals surface area contributed by atoms with Gasteiger partial charge in [0, 0.05) is 28.5 Å². The van der Waals surface area contributed by atoms with E-state index in [2.05, 4.69) is 10.2 Å². The third-order valence-electron chi connectivity index (χ3n) is 4.07. The number of thioether (sulfide) groups is 1. The van der Waals surface area contributed by atoms with Gasteiger partial charge in [-0.1, -0.05) is 12.1 Å². The molecule has 1 aliphatic heterocycles. The van der Waals surface area contributed by atoms with Crippen LogP contribution in [0.3, 0.4) is 0 Å². The van der Waals surface area contributed by atoms with E-state index in [0.29, 0.717) is 6.54 Å². The van der Waals surface area contributed by atoms with E-state index < -0.39 is 0 Å². The van der Waals surface area contributed by atoms with Gasteiger partial charge in [0.05, 0.1) is 6.54 Å². The molecule has 128 valence electrons. The second-order valence-electron chi connectivity index (χ2n) is 5.65. The van der Waals surface area contributed by atoms with E-state index in [9.17, 15) is 4.79 Å². The average Bonchev–Trinajstić information content (AvgIpc) is 2.56. The van der Waals surface area contributed by atoms with Crippen molar-refractivity contribution in [3.05, 3.63) is 48.0 Å². The van der Waals surface area contributed by atoms with Crippen molar-refractivity contribution in [1.29, 1.82) is 0 Å². The Morgan fingerprint density at radius 2 is 2.08 bits per heavy atom. The first-order valence-corrected chi connectivity index (χ1v) is 8.96. The van der Waals surface area contributed by atoms with Crippen LogP contribution in [0.15, 0.2) is 47.4 Å². The number of amides is 1. The highest BCUT2D eigenvalue weighted by Crippen LogP contribution is 2.31. The van der Waals surface area contributed by atoms with Gasteiger partial charge in [-0.3, -0.25) is 4.79 Å².